The molecule has 0 aliphatic rings. The van der Waals surface area contributed by atoms with Crippen LogP contribution in [0.2, 0.25) is 0 Å². The summed E-state index contributed by atoms with van der Waals surface area (Å²) in [4.78, 5) is 228. The Kier molecular flexibility index (Phi) is 57.4. The maximum Gasteiger partial charge on any atom is 0.243 e. The highest BCUT2D eigenvalue weighted by Gasteiger charge is 2.39. The zero-order chi connectivity index (χ0) is 105. The van der Waals surface area contributed by atoms with Crippen LogP contribution >= 0.6 is 0 Å². The molecule has 0 aliphatic carbocycles. The van der Waals surface area contributed by atoms with Gasteiger partial charge in [-0.05, 0) is 247 Å². The summed E-state index contributed by atoms with van der Waals surface area (Å²) in [6.45, 7) is 9.62. The van der Waals surface area contributed by atoms with Gasteiger partial charge in [0.25, 0.3) is 0 Å². The average molecular weight is 1980 g/mol. The number of primary amides is 1. The summed E-state index contributed by atoms with van der Waals surface area (Å²) in [7, 11) is 0. The molecule has 0 saturated carbocycles. The van der Waals surface area contributed by atoms with Crippen LogP contribution in [0.15, 0.2) is 72.8 Å². The van der Waals surface area contributed by atoms with E-state index in [0.29, 0.717) is 74.6 Å². The number of unbranched alkanes of at least 4 members (excludes halogenated alkanes) is 5. The zero-order valence-electron chi connectivity index (χ0n) is 81.6. The normalized spacial score (nSPS) is 14.4. The number of amides is 16. The molecule has 42 N–H and O–H groups in total. The lowest BCUT2D eigenvalue weighted by molar-refractivity contribution is -0.136. The fourth-order valence-corrected chi connectivity index (χ4v) is 14.6. The summed E-state index contributed by atoms with van der Waals surface area (Å²) in [5.41, 5.74) is 52.9. The summed E-state index contributed by atoms with van der Waals surface area (Å²) in [6.07, 6.45) is 2.70. The van der Waals surface area contributed by atoms with Crippen molar-refractivity contribution in [1.29, 1.82) is 16.2 Å². The van der Waals surface area contributed by atoms with Crippen LogP contribution in [0.25, 0.3) is 0 Å². The van der Waals surface area contributed by atoms with Gasteiger partial charge in [-0.1, -0.05) is 56.7 Å². The van der Waals surface area contributed by atoms with Gasteiger partial charge in [0.15, 0.2) is 17.9 Å². The van der Waals surface area contributed by atoms with E-state index in [-0.39, 0.29) is 178 Å². The second-order valence-corrected chi connectivity index (χ2v) is 34.8. The third-order valence-electron chi connectivity index (χ3n) is 22.9. The highest BCUT2D eigenvalue weighted by Crippen LogP contribution is 2.20. The van der Waals surface area contributed by atoms with Crippen molar-refractivity contribution in [2.75, 3.05) is 52.4 Å². The monoisotopic (exact) mass is 1980 g/mol. The molecule has 0 bridgehead atoms. The molecule has 0 saturated heterocycles. The van der Waals surface area contributed by atoms with Gasteiger partial charge in [-0.2, -0.15) is 0 Å². The molecule has 49 nitrogen and oxygen atoms in total. The number of nitrogens with two attached hydrogens (primary N) is 9. The SMILES string of the molecule is CC[C@H](C)[C@H](NC(=O)[C@H](CCCNC(=N)N)NC(=O)[C@H](CCCCN)NC(=O)[C@H](Cc1ccc(O)cc1)NC(=O)[C@H](C)NC(=O)[C@H](CCCCN)NC(=O)[C@H](CCCNC(=N)N)NC(=O)[C@H](CCCCN)NC(=O)[C@H](Cc1ccc(O)cc1)NC(=O)[C@H](C)NC(=O)[C@H](CCCCN)NC(=O)[C@H](CCCNC(=N)N)NC(=O)[C@H](CCCCN)NC(C)=O)C(=O)N[C@@H](C)C(=O)N[C@@H](Cc1ccc(O)cc1)C(N)=O. The summed E-state index contributed by atoms with van der Waals surface area (Å²) in [6, 6.07) is -4.23. The molecule has 0 heterocycles. The Morgan fingerprint density at radius 1 is 0.270 bits per heavy atom. The van der Waals surface area contributed by atoms with Crippen LogP contribution in [0.5, 0.6) is 17.2 Å². The highest BCUT2D eigenvalue weighted by atomic mass is 16.3. The van der Waals surface area contributed by atoms with E-state index >= 15 is 0 Å². The number of hydrogen-bond donors (Lipinski definition) is 33. The Morgan fingerprint density at radius 2 is 0.475 bits per heavy atom. The Bertz CT molecular complexity index is 4520. The van der Waals surface area contributed by atoms with Crippen molar-refractivity contribution in [3.8, 4) is 17.2 Å². The summed E-state index contributed by atoms with van der Waals surface area (Å²) < 4.78 is 0. The second-order valence-electron chi connectivity index (χ2n) is 34.8. The van der Waals surface area contributed by atoms with E-state index in [4.69, 9.17) is 67.8 Å². The van der Waals surface area contributed by atoms with Crippen LogP contribution in [0.1, 0.15) is 199 Å². The highest BCUT2D eigenvalue weighted by molar-refractivity contribution is 6.01. The Hall–Kier alpha value is -13.8. The third kappa shape index (κ3) is 48.6. The summed E-state index contributed by atoms with van der Waals surface area (Å²) >= 11 is 0. The van der Waals surface area contributed by atoms with Gasteiger partial charge >= 0.3 is 0 Å². The van der Waals surface area contributed by atoms with Crippen molar-refractivity contribution in [1.82, 2.24) is 95.7 Å². The van der Waals surface area contributed by atoms with Crippen LogP contribution in [-0.2, 0) is 96.0 Å². The standard InChI is InChI=1S/C92H154N30O19/c1-7-52(2)74(89(141)110-55(5)76(128)119-71(75(98)127)49-57-29-35-60(124)36-30-57)122-86(138)70(28-20-48-107-92(103)104)116-83(135)67(25-12-17-45-97)118-88(140)73(51-59-33-39-62(126)40-34-59)121-78(130)54(4)109-80(132)65(23-10-15-43-95)113-85(137)69(27-19-47-106-91(101)102)115-82(134)66(24-11-16-44-96)117-87(139)72(50-58-31-37-61(125)38-32-58)120-77(129)53(3)108-79(131)64(22-9-14-42-94)112-84(136)68(26-18-46-105-90(99)100)114-81(133)63(111-56(6)123)21-8-13-41-93/h29-40,52-55,63-74,124-126H,7-28,41-51,93-97H2,1-6H3,(H2,98,127)(H,108,131)(H,109,132)(H,110,141)(H,111,123)(H,112,136)(H,113,137)(H,114,133)(H,115,134)(H,116,135)(H,117,139)(H,118,140)(H,119,128)(H,120,129)(H,121,130)(H,122,138)(H4,99,100,105)(H4,101,102,106)(H4,103,104,107)/t52-,53-,54-,55-,63-,64-,65-,66-,67-,68-,69-,70-,71-,72-,73-,74-/m0/s1. The lowest BCUT2D eigenvalue weighted by Crippen LogP contribution is -2.61. The lowest BCUT2D eigenvalue weighted by Gasteiger charge is -2.29. The molecule has 0 unspecified atom stereocenters. The van der Waals surface area contributed by atoms with Gasteiger partial charge in [0.1, 0.15) is 108 Å². The van der Waals surface area contributed by atoms with Crippen LogP contribution in [0, 0.1) is 22.1 Å². The number of guanidine groups is 3. The fraction of sp³-hybridized carbons (Fsp3) is 0.598. The Morgan fingerprint density at radius 3 is 0.709 bits per heavy atom. The Labute approximate surface area is 822 Å². The number of phenolic OH excluding ortho intramolecular Hbond substituents is 3. The number of nitrogens with one attached hydrogen (secondary N) is 21. The van der Waals surface area contributed by atoms with Crippen molar-refractivity contribution < 1.29 is 92.0 Å². The van der Waals surface area contributed by atoms with Crippen LogP contribution in [0.3, 0.4) is 0 Å². The molecule has 3 aromatic carbocycles. The molecule has 141 heavy (non-hydrogen) atoms. The van der Waals surface area contributed by atoms with Gasteiger partial charge in [-0.15, -0.1) is 0 Å². The van der Waals surface area contributed by atoms with Gasteiger partial charge in [0.05, 0.1) is 0 Å². The molecule has 0 aromatic heterocycles. The molecule has 0 spiro atoms. The Balaban J connectivity index is 2.03. The largest absolute Gasteiger partial charge is 0.508 e. The molecular formula is C92H154N30O19. The topological polar surface area (TPSA) is 856 Å². The molecule has 786 valence electrons. The quantitative estimate of drug-likeness (QED) is 0.0142. The van der Waals surface area contributed by atoms with Crippen molar-refractivity contribution in [2.24, 2.45) is 57.5 Å². The minimum absolute atomic E-state index is 0.0133. The number of aromatic hydroxyl groups is 3. The second kappa shape index (κ2) is 66.7. The summed E-state index contributed by atoms with van der Waals surface area (Å²) in [5.74, 6) is -16.0. The number of benzene rings is 3. The van der Waals surface area contributed by atoms with Crippen molar-refractivity contribution in [2.45, 2.75) is 293 Å². The molecule has 3 aromatic rings. The van der Waals surface area contributed by atoms with Gasteiger partial charge in [0, 0.05) is 45.8 Å². The molecule has 3 rings (SSSR count). The van der Waals surface area contributed by atoms with Gasteiger partial charge < -0.3 is 163 Å². The van der Waals surface area contributed by atoms with Crippen LogP contribution < -0.4 is 147 Å². The van der Waals surface area contributed by atoms with Gasteiger partial charge in [-0.3, -0.25) is 92.9 Å². The number of carbonyl (C=O) groups excluding carboxylic acids is 16. The molecule has 0 aliphatic heterocycles. The predicted molar refractivity (Wildman–Crippen MR) is 528 cm³/mol. The number of hydrogen-bond acceptors (Lipinski definition) is 27. The maximum atomic E-state index is 15.0. The van der Waals surface area contributed by atoms with Gasteiger partial charge in [-0.25, -0.2) is 0 Å². The van der Waals surface area contributed by atoms with E-state index < -0.39 is 203 Å². The first-order valence-electron chi connectivity index (χ1n) is 47.9. The molecule has 0 radical (unpaired) electrons. The first kappa shape index (κ1) is 121. The van der Waals surface area contributed by atoms with Crippen molar-refractivity contribution in [3.05, 3.63) is 89.5 Å². The van der Waals surface area contributed by atoms with E-state index in [2.05, 4.69) is 95.7 Å². The minimum atomic E-state index is -1.58. The molecule has 16 amide bonds. The zero-order valence-corrected chi connectivity index (χ0v) is 81.6. The molecule has 49 heteroatoms. The number of carbonyl (C=O) groups is 16. The van der Waals surface area contributed by atoms with Gasteiger partial charge in [0.2, 0.25) is 94.5 Å². The van der Waals surface area contributed by atoms with Crippen LogP contribution in [0.4, 0.5) is 0 Å². The smallest absolute Gasteiger partial charge is 0.243 e. The fourth-order valence-electron chi connectivity index (χ4n) is 14.6. The predicted octanol–water partition coefficient (Wildman–Crippen LogP) is -5.85. The molecule has 16 atom stereocenters. The van der Waals surface area contributed by atoms with E-state index in [0.717, 1.165) is 0 Å². The van der Waals surface area contributed by atoms with Crippen LogP contribution in [-0.4, -0.2) is 271 Å². The first-order chi connectivity index (χ1) is 67.0. The van der Waals surface area contributed by atoms with Crippen molar-refractivity contribution in [3.63, 3.8) is 0 Å². The molecule has 0 fully saturated rings. The third-order valence-corrected chi connectivity index (χ3v) is 22.9. The van der Waals surface area contributed by atoms with E-state index in [1.165, 1.54) is 100 Å². The first-order valence-corrected chi connectivity index (χ1v) is 47.9. The van der Waals surface area contributed by atoms with E-state index in [1.54, 1.807) is 13.8 Å². The van der Waals surface area contributed by atoms with Crippen molar-refractivity contribution >= 4 is 112 Å². The average Bonchev–Trinajstić information content (AvgIpc) is 0.868. The number of rotatable bonds is 70. The number of phenols is 3. The minimum Gasteiger partial charge on any atom is -0.508 e. The molecular weight excluding hydrogens is 1830 g/mol. The van der Waals surface area contributed by atoms with E-state index in [9.17, 15) is 92.0 Å². The maximum absolute atomic E-state index is 15.0. The lowest BCUT2D eigenvalue weighted by atomic mass is 9.97. The summed E-state index contributed by atoms with van der Waals surface area (Å²) in [5, 5.41) is 101. The van der Waals surface area contributed by atoms with E-state index in [1.807, 2.05) is 0 Å².